The maximum absolute atomic E-state index is 12.0. The van der Waals surface area contributed by atoms with Crippen molar-refractivity contribution >= 4 is 6.09 Å². The second-order valence-electron chi connectivity index (χ2n) is 6.27. The van der Waals surface area contributed by atoms with E-state index in [0.29, 0.717) is 18.0 Å². The lowest BCUT2D eigenvalue weighted by Crippen LogP contribution is -2.44. The van der Waals surface area contributed by atoms with Gasteiger partial charge in [-0.25, -0.2) is 4.79 Å². The molecule has 1 saturated heterocycles. The summed E-state index contributed by atoms with van der Waals surface area (Å²) < 4.78 is 5.42. The first-order valence-electron chi connectivity index (χ1n) is 6.58. The van der Waals surface area contributed by atoms with Gasteiger partial charge in [0.15, 0.2) is 0 Å². The fraction of sp³-hybridized carbons (Fsp3) is 0.923. The van der Waals surface area contributed by atoms with Crippen molar-refractivity contribution in [2.24, 2.45) is 5.92 Å². The Bertz CT molecular complexity index is 298. The summed E-state index contributed by atoms with van der Waals surface area (Å²) in [5.41, 5.74) is -0.410. The first-order valence-corrected chi connectivity index (χ1v) is 6.58. The molecule has 0 bridgehead atoms. The largest absolute Gasteiger partial charge is 0.444 e. The Kier molecular flexibility index (Phi) is 3.34. The minimum atomic E-state index is -0.410. The third-order valence-electron chi connectivity index (χ3n) is 3.83. The van der Waals surface area contributed by atoms with Crippen molar-refractivity contribution in [1.82, 2.24) is 10.2 Å². The quantitative estimate of drug-likeness (QED) is 0.762. The number of carbonyl (C=O) groups is 1. The molecule has 1 saturated carbocycles. The van der Waals surface area contributed by atoms with Crippen LogP contribution in [-0.2, 0) is 4.74 Å². The molecule has 1 N–H and O–H groups in total. The highest BCUT2D eigenvalue weighted by atomic mass is 16.6. The first kappa shape index (κ1) is 12.7. The number of nitrogens with one attached hydrogen (secondary N) is 1. The standard InChI is InChI=1S/C13H24N2O2/c1-13(2,3)17-12(16)15(4)11-8-14-10-7-5-6-9(10)11/h9-11,14H,5-8H2,1-4H3/t9-,10+,11-/m0/s1. The van der Waals surface area contributed by atoms with Crippen molar-refractivity contribution in [3.05, 3.63) is 0 Å². The Balaban J connectivity index is 1.95. The van der Waals surface area contributed by atoms with Gasteiger partial charge in [0.2, 0.25) is 0 Å². The third-order valence-corrected chi connectivity index (χ3v) is 3.83. The van der Waals surface area contributed by atoms with Crippen molar-refractivity contribution in [3.63, 3.8) is 0 Å². The summed E-state index contributed by atoms with van der Waals surface area (Å²) in [7, 11) is 1.86. The van der Waals surface area contributed by atoms with E-state index in [0.717, 1.165) is 6.54 Å². The van der Waals surface area contributed by atoms with Gasteiger partial charge in [-0.05, 0) is 39.5 Å². The van der Waals surface area contributed by atoms with Crippen LogP contribution in [0.25, 0.3) is 0 Å². The molecule has 98 valence electrons. The van der Waals surface area contributed by atoms with Gasteiger partial charge in [0.1, 0.15) is 5.60 Å². The van der Waals surface area contributed by atoms with Gasteiger partial charge >= 0.3 is 6.09 Å². The van der Waals surface area contributed by atoms with Gasteiger partial charge in [-0.2, -0.15) is 0 Å². The average Bonchev–Trinajstić information content (AvgIpc) is 2.74. The molecule has 1 aliphatic carbocycles. The molecule has 1 amide bonds. The summed E-state index contributed by atoms with van der Waals surface area (Å²) in [6.07, 6.45) is 3.57. The fourth-order valence-corrected chi connectivity index (χ4v) is 3.02. The number of hydrogen-bond donors (Lipinski definition) is 1. The summed E-state index contributed by atoms with van der Waals surface area (Å²) in [4.78, 5) is 13.8. The molecule has 2 fully saturated rings. The SMILES string of the molecule is CN(C(=O)OC(C)(C)C)[C@H]1CN[C@@H]2CCC[C@@H]21. The van der Waals surface area contributed by atoms with E-state index in [2.05, 4.69) is 5.32 Å². The van der Waals surface area contributed by atoms with Crippen LogP contribution in [0, 0.1) is 5.92 Å². The molecule has 1 aliphatic heterocycles. The van der Waals surface area contributed by atoms with E-state index in [1.807, 2.05) is 27.8 Å². The Hall–Kier alpha value is -0.770. The maximum atomic E-state index is 12.0. The van der Waals surface area contributed by atoms with Crippen LogP contribution in [0.2, 0.25) is 0 Å². The van der Waals surface area contributed by atoms with Crippen molar-refractivity contribution in [2.45, 2.75) is 57.7 Å². The molecule has 0 aromatic rings. The number of ether oxygens (including phenoxy) is 1. The Morgan fingerprint density at radius 1 is 1.35 bits per heavy atom. The van der Waals surface area contributed by atoms with E-state index in [9.17, 15) is 4.79 Å². The van der Waals surface area contributed by atoms with Crippen molar-refractivity contribution in [1.29, 1.82) is 0 Å². The summed E-state index contributed by atoms with van der Waals surface area (Å²) in [6, 6.07) is 0.919. The van der Waals surface area contributed by atoms with Crippen molar-refractivity contribution < 1.29 is 9.53 Å². The molecule has 1 heterocycles. The number of hydrogen-bond acceptors (Lipinski definition) is 3. The van der Waals surface area contributed by atoms with Crippen LogP contribution in [0.4, 0.5) is 4.79 Å². The molecule has 4 nitrogen and oxygen atoms in total. The van der Waals surface area contributed by atoms with E-state index in [1.165, 1.54) is 19.3 Å². The predicted octanol–water partition coefficient (Wildman–Crippen LogP) is 1.99. The molecule has 0 aromatic heterocycles. The molecular weight excluding hydrogens is 216 g/mol. The summed E-state index contributed by atoms with van der Waals surface area (Å²) >= 11 is 0. The normalized spacial score (nSPS) is 32.4. The molecule has 17 heavy (non-hydrogen) atoms. The highest BCUT2D eigenvalue weighted by Crippen LogP contribution is 2.34. The molecule has 0 aromatic carbocycles. The Morgan fingerprint density at radius 3 is 2.71 bits per heavy atom. The van der Waals surface area contributed by atoms with Crippen LogP contribution >= 0.6 is 0 Å². The fourth-order valence-electron chi connectivity index (χ4n) is 3.02. The maximum Gasteiger partial charge on any atom is 0.410 e. The lowest BCUT2D eigenvalue weighted by molar-refractivity contribution is 0.0199. The monoisotopic (exact) mass is 240 g/mol. The van der Waals surface area contributed by atoms with E-state index in [-0.39, 0.29) is 6.09 Å². The van der Waals surface area contributed by atoms with E-state index >= 15 is 0 Å². The molecule has 4 heteroatoms. The van der Waals surface area contributed by atoms with Gasteiger partial charge in [0.25, 0.3) is 0 Å². The Labute approximate surface area is 104 Å². The van der Waals surface area contributed by atoms with Gasteiger partial charge in [-0.3, -0.25) is 0 Å². The number of carbonyl (C=O) groups excluding carboxylic acids is 1. The lowest BCUT2D eigenvalue weighted by atomic mass is 9.98. The van der Waals surface area contributed by atoms with Crippen LogP contribution in [0.5, 0.6) is 0 Å². The Morgan fingerprint density at radius 2 is 2.06 bits per heavy atom. The number of likely N-dealkylation sites (N-methyl/N-ethyl adjacent to an activating group) is 1. The van der Waals surface area contributed by atoms with E-state index in [4.69, 9.17) is 4.74 Å². The summed E-state index contributed by atoms with van der Waals surface area (Å²) in [5.74, 6) is 0.618. The molecule has 0 radical (unpaired) electrons. The minimum Gasteiger partial charge on any atom is -0.444 e. The highest BCUT2D eigenvalue weighted by Gasteiger charge is 2.42. The molecule has 0 unspecified atom stereocenters. The van der Waals surface area contributed by atoms with Crippen molar-refractivity contribution in [2.75, 3.05) is 13.6 Å². The highest BCUT2D eigenvalue weighted by molar-refractivity contribution is 5.68. The number of rotatable bonds is 1. The topological polar surface area (TPSA) is 41.6 Å². The van der Waals surface area contributed by atoms with Crippen LogP contribution in [-0.4, -0.2) is 42.3 Å². The van der Waals surface area contributed by atoms with E-state index < -0.39 is 5.60 Å². The summed E-state index contributed by atoms with van der Waals surface area (Å²) in [5, 5.41) is 3.52. The van der Waals surface area contributed by atoms with Crippen molar-refractivity contribution in [3.8, 4) is 0 Å². The third kappa shape index (κ3) is 2.73. The molecular formula is C13H24N2O2. The molecule has 2 aliphatic rings. The van der Waals surface area contributed by atoms with Gasteiger partial charge in [-0.15, -0.1) is 0 Å². The smallest absolute Gasteiger partial charge is 0.410 e. The molecule has 0 spiro atoms. The van der Waals surface area contributed by atoms with Crippen LogP contribution in [0.1, 0.15) is 40.0 Å². The van der Waals surface area contributed by atoms with Gasteiger partial charge in [0.05, 0.1) is 6.04 Å². The van der Waals surface area contributed by atoms with Crippen LogP contribution in [0.15, 0.2) is 0 Å². The second kappa shape index (κ2) is 4.48. The van der Waals surface area contributed by atoms with Crippen LogP contribution in [0.3, 0.4) is 0 Å². The van der Waals surface area contributed by atoms with Gasteiger partial charge < -0.3 is 15.0 Å². The zero-order chi connectivity index (χ0) is 12.6. The van der Waals surface area contributed by atoms with Crippen LogP contribution < -0.4 is 5.32 Å². The summed E-state index contributed by atoms with van der Waals surface area (Å²) in [6.45, 7) is 6.63. The lowest BCUT2D eigenvalue weighted by Gasteiger charge is -2.31. The number of fused-ring (bicyclic) bond motifs is 1. The van der Waals surface area contributed by atoms with Gasteiger partial charge in [-0.1, -0.05) is 6.42 Å². The first-order chi connectivity index (χ1) is 7.88. The number of nitrogens with zero attached hydrogens (tertiary/aromatic N) is 1. The second-order valence-corrected chi connectivity index (χ2v) is 6.27. The zero-order valence-electron chi connectivity index (χ0n) is 11.3. The molecule has 3 atom stereocenters. The van der Waals surface area contributed by atoms with Gasteiger partial charge in [0, 0.05) is 19.6 Å². The predicted molar refractivity (Wildman–Crippen MR) is 66.9 cm³/mol. The number of amides is 1. The minimum absolute atomic E-state index is 0.197. The molecule has 2 rings (SSSR count). The van der Waals surface area contributed by atoms with E-state index in [1.54, 1.807) is 4.90 Å². The zero-order valence-corrected chi connectivity index (χ0v) is 11.3. The average molecular weight is 240 g/mol.